The van der Waals surface area contributed by atoms with Gasteiger partial charge in [0, 0.05) is 0 Å². The molecule has 0 radical (unpaired) electrons. The van der Waals surface area contributed by atoms with Crippen LogP contribution in [0.3, 0.4) is 0 Å². The van der Waals surface area contributed by atoms with E-state index in [0.29, 0.717) is 0 Å². The Bertz CT molecular complexity index is 741. The largest absolute Gasteiger partial charge is 0.416 e. The number of rotatable bonds is 3. The number of amides is 1. The van der Waals surface area contributed by atoms with Gasteiger partial charge in [-0.15, -0.1) is 0 Å². The molecule has 122 valence electrons. The van der Waals surface area contributed by atoms with Crippen molar-refractivity contribution in [3.05, 3.63) is 63.7 Å². The fraction of sp³-hybridized carbons (Fsp3) is 0.235. The molecule has 6 heteroatoms. The predicted molar refractivity (Wildman–Crippen MR) is 84.7 cm³/mol. The molecule has 0 aliphatic rings. The Balaban J connectivity index is 2.15. The summed E-state index contributed by atoms with van der Waals surface area (Å²) in [5.41, 5.74) is 2.04. The summed E-state index contributed by atoms with van der Waals surface area (Å²) in [6, 6.07) is 8.42. The summed E-state index contributed by atoms with van der Waals surface area (Å²) in [7, 11) is 0. The molecule has 0 saturated carbocycles. The summed E-state index contributed by atoms with van der Waals surface area (Å²) >= 11 is 5.86. The minimum absolute atomic E-state index is 0.0460. The van der Waals surface area contributed by atoms with Crippen molar-refractivity contribution in [2.24, 2.45) is 0 Å². The minimum Gasteiger partial charge on any atom is -0.324 e. The lowest BCUT2D eigenvalue weighted by Gasteiger charge is -2.12. The lowest BCUT2D eigenvalue weighted by molar-refractivity contribution is -0.137. The van der Waals surface area contributed by atoms with Crippen molar-refractivity contribution < 1.29 is 18.0 Å². The van der Waals surface area contributed by atoms with Gasteiger partial charge in [-0.3, -0.25) is 4.79 Å². The Hall–Kier alpha value is -2.01. The van der Waals surface area contributed by atoms with Crippen LogP contribution < -0.4 is 5.32 Å². The van der Waals surface area contributed by atoms with Gasteiger partial charge in [0.05, 0.1) is 22.7 Å². The summed E-state index contributed by atoms with van der Waals surface area (Å²) in [6.45, 7) is 3.89. The van der Waals surface area contributed by atoms with Crippen molar-refractivity contribution in [1.82, 2.24) is 0 Å². The molecule has 0 aromatic heterocycles. The molecule has 0 unspecified atom stereocenters. The van der Waals surface area contributed by atoms with Crippen LogP contribution in [-0.2, 0) is 17.4 Å². The van der Waals surface area contributed by atoms with Crippen LogP contribution in [0.2, 0.25) is 5.02 Å². The Kier molecular flexibility index (Phi) is 5.00. The zero-order valence-corrected chi connectivity index (χ0v) is 13.3. The van der Waals surface area contributed by atoms with Crippen LogP contribution in [-0.4, -0.2) is 5.91 Å². The molecule has 0 aliphatic carbocycles. The smallest absolute Gasteiger partial charge is 0.324 e. The number of carbonyl (C=O) groups is 1. The Morgan fingerprint density at radius 3 is 2.39 bits per heavy atom. The third kappa shape index (κ3) is 4.48. The van der Waals surface area contributed by atoms with Crippen molar-refractivity contribution in [1.29, 1.82) is 0 Å². The van der Waals surface area contributed by atoms with Gasteiger partial charge in [-0.1, -0.05) is 29.8 Å². The SMILES string of the molecule is Cc1ccc(CC(=O)Nc2cc(C(F)(F)F)ccc2Cl)cc1C. The van der Waals surface area contributed by atoms with Crippen molar-refractivity contribution >= 4 is 23.2 Å². The van der Waals surface area contributed by atoms with E-state index in [0.717, 1.165) is 34.9 Å². The van der Waals surface area contributed by atoms with Crippen LogP contribution in [0.25, 0.3) is 0 Å². The van der Waals surface area contributed by atoms with E-state index < -0.39 is 17.6 Å². The number of anilines is 1. The van der Waals surface area contributed by atoms with Crippen LogP contribution in [0, 0.1) is 13.8 Å². The van der Waals surface area contributed by atoms with E-state index in [9.17, 15) is 18.0 Å². The maximum Gasteiger partial charge on any atom is 0.416 e. The predicted octanol–water partition coefficient (Wildman–Crippen LogP) is 5.16. The molecule has 2 aromatic rings. The first-order chi connectivity index (χ1) is 10.7. The number of halogens is 4. The van der Waals surface area contributed by atoms with E-state index in [4.69, 9.17) is 11.6 Å². The molecule has 1 N–H and O–H groups in total. The maximum absolute atomic E-state index is 12.7. The molecule has 1 amide bonds. The summed E-state index contributed by atoms with van der Waals surface area (Å²) in [4.78, 5) is 12.0. The molecule has 0 atom stereocenters. The van der Waals surface area contributed by atoms with Gasteiger partial charge < -0.3 is 5.32 Å². The molecular formula is C17H15ClF3NO. The second-order valence-electron chi connectivity index (χ2n) is 5.34. The molecule has 2 nitrogen and oxygen atoms in total. The Morgan fingerprint density at radius 2 is 1.78 bits per heavy atom. The lowest BCUT2D eigenvalue weighted by Crippen LogP contribution is -2.16. The van der Waals surface area contributed by atoms with Gasteiger partial charge in [0.25, 0.3) is 0 Å². The molecular weight excluding hydrogens is 327 g/mol. The molecule has 23 heavy (non-hydrogen) atoms. The molecule has 0 fully saturated rings. The summed E-state index contributed by atoms with van der Waals surface area (Å²) in [5.74, 6) is -0.422. The van der Waals surface area contributed by atoms with Gasteiger partial charge in [0.1, 0.15) is 0 Å². The van der Waals surface area contributed by atoms with Crippen LogP contribution >= 0.6 is 11.6 Å². The van der Waals surface area contributed by atoms with Crippen LogP contribution in [0.15, 0.2) is 36.4 Å². The van der Waals surface area contributed by atoms with E-state index in [2.05, 4.69) is 5.32 Å². The Labute approximate surface area is 137 Å². The highest BCUT2D eigenvalue weighted by Gasteiger charge is 2.31. The second-order valence-corrected chi connectivity index (χ2v) is 5.74. The van der Waals surface area contributed by atoms with E-state index in [1.807, 2.05) is 32.0 Å². The number of alkyl halides is 3. The average Bonchev–Trinajstić information content (AvgIpc) is 2.44. The quantitative estimate of drug-likeness (QED) is 0.821. The first kappa shape index (κ1) is 17.3. The lowest BCUT2D eigenvalue weighted by atomic mass is 10.0. The highest BCUT2D eigenvalue weighted by atomic mass is 35.5. The first-order valence-corrected chi connectivity index (χ1v) is 7.27. The summed E-state index contributed by atoms with van der Waals surface area (Å²) < 4.78 is 38.1. The van der Waals surface area contributed by atoms with E-state index >= 15 is 0 Å². The number of nitrogens with one attached hydrogen (secondary N) is 1. The fourth-order valence-corrected chi connectivity index (χ4v) is 2.26. The number of hydrogen-bond donors (Lipinski definition) is 1. The van der Waals surface area contributed by atoms with Crippen LogP contribution in [0.4, 0.5) is 18.9 Å². The topological polar surface area (TPSA) is 29.1 Å². The molecule has 0 saturated heterocycles. The molecule has 2 rings (SSSR count). The van der Waals surface area contributed by atoms with Crippen LogP contribution in [0.1, 0.15) is 22.3 Å². The average molecular weight is 342 g/mol. The highest BCUT2D eigenvalue weighted by molar-refractivity contribution is 6.33. The Morgan fingerprint density at radius 1 is 1.09 bits per heavy atom. The van der Waals surface area contributed by atoms with Gasteiger partial charge in [0.15, 0.2) is 0 Å². The maximum atomic E-state index is 12.7. The van der Waals surface area contributed by atoms with Crippen molar-refractivity contribution in [2.75, 3.05) is 5.32 Å². The number of aryl methyl sites for hydroxylation is 2. The van der Waals surface area contributed by atoms with E-state index in [1.165, 1.54) is 0 Å². The third-order valence-electron chi connectivity index (χ3n) is 3.50. The molecule has 0 heterocycles. The number of carbonyl (C=O) groups excluding carboxylic acids is 1. The molecule has 0 aliphatic heterocycles. The van der Waals surface area contributed by atoms with Gasteiger partial charge >= 0.3 is 6.18 Å². The van der Waals surface area contributed by atoms with Crippen molar-refractivity contribution in [3.63, 3.8) is 0 Å². The zero-order valence-electron chi connectivity index (χ0n) is 12.6. The van der Waals surface area contributed by atoms with Gasteiger partial charge in [-0.25, -0.2) is 0 Å². The zero-order chi connectivity index (χ0) is 17.2. The minimum atomic E-state index is -4.49. The van der Waals surface area contributed by atoms with Gasteiger partial charge in [-0.2, -0.15) is 13.2 Å². The number of benzene rings is 2. The summed E-state index contributed by atoms with van der Waals surface area (Å²) in [6.07, 6.45) is -4.42. The molecule has 0 bridgehead atoms. The third-order valence-corrected chi connectivity index (χ3v) is 3.83. The van der Waals surface area contributed by atoms with Crippen molar-refractivity contribution in [3.8, 4) is 0 Å². The monoisotopic (exact) mass is 341 g/mol. The fourth-order valence-electron chi connectivity index (χ4n) is 2.09. The standard InChI is InChI=1S/C17H15ClF3NO/c1-10-3-4-12(7-11(10)2)8-16(23)22-15-9-13(17(19,20)21)5-6-14(15)18/h3-7,9H,8H2,1-2H3,(H,22,23). The second kappa shape index (κ2) is 6.62. The summed E-state index contributed by atoms with van der Waals surface area (Å²) in [5, 5.41) is 2.50. The van der Waals surface area contributed by atoms with Crippen LogP contribution in [0.5, 0.6) is 0 Å². The van der Waals surface area contributed by atoms with E-state index in [-0.39, 0.29) is 17.1 Å². The van der Waals surface area contributed by atoms with E-state index in [1.54, 1.807) is 0 Å². The molecule has 2 aromatic carbocycles. The molecule has 0 spiro atoms. The highest BCUT2D eigenvalue weighted by Crippen LogP contribution is 2.33. The number of hydrogen-bond acceptors (Lipinski definition) is 1. The normalized spacial score (nSPS) is 11.4. The van der Waals surface area contributed by atoms with Crippen molar-refractivity contribution in [2.45, 2.75) is 26.4 Å². The van der Waals surface area contributed by atoms with Gasteiger partial charge in [-0.05, 0) is 48.7 Å². The first-order valence-electron chi connectivity index (χ1n) is 6.89. The van der Waals surface area contributed by atoms with Gasteiger partial charge in [0.2, 0.25) is 5.91 Å².